The number of aromatic carboxylic acids is 1. The van der Waals surface area contributed by atoms with E-state index >= 15 is 0 Å². The van der Waals surface area contributed by atoms with Crippen molar-refractivity contribution < 1.29 is 28.7 Å². The van der Waals surface area contributed by atoms with Crippen molar-refractivity contribution in [3.8, 4) is 11.3 Å². The van der Waals surface area contributed by atoms with Gasteiger partial charge in [-0.2, -0.15) is 0 Å². The molecule has 0 spiro atoms. The molecule has 2 aliphatic rings. The molecule has 4 atom stereocenters. The number of hydrogen-bond acceptors (Lipinski definition) is 7. The van der Waals surface area contributed by atoms with Crippen LogP contribution in [0.25, 0.3) is 21.5 Å². The topological polar surface area (TPSA) is 106 Å². The minimum atomic E-state index is -1.20. The molecule has 2 N–H and O–H groups in total. The monoisotopic (exact) mass is 584 g/mol. The summed E-state index contributed by atoms with van der Waals surface area (Å²) >= 11 is 7.74. The molecule has 6 rings (SSSR count). The highest BCUT2D eigenvalue weighted by Crippen LogP contribution is 2.57. The number of halogens is 2. The maximum absolute atomic E-state index is 14.7. The van der Waals surface area contributed by atoms with Gasteiger partial charge < -0.3 is 19.5 Å². The van der Waals surface area contributed by atoms with Gasteiger partial charge in [0, 0.05) is 17.0 Å². The van der Waals surface area contributed by atoms with Gasteiger partial charge in [-0.1, -0.05) is 42.7 Å². The highest BCUT2D eigenvalue weighted by molar-refractivity contribution is 7.18. The van der Waals surface area contributed by atoms with Crippen molar-refractivity contribution in [3.05, 3.63) is 68.6 Å². The molecule has 0 radical (unpaired) electrons. The second-order valence-corrected chi connectivity index (χ2v) is 12.7. The fourth-order valence-corrected chi connectivity index (χ4v) is 8.09. The van der Waals surface area contributed by atoms with Gasteiger partial charge in [0.2, 0.25) is 0 Å². The van der Waals surface area contributed by atoms with E-state index in [9.17, 15) is 19.4 Å². The SMILES string of the molecule is Cc1cccc(Cl)c1-c1noc(C(C)C)c1CO[C@@H]1C[C@H]2CC[C@@H](C1)[C@]2(O)c1nc2c(F)cc(C(=O)O)cc2s1. The maximum Gasteiger partial charge on any atom is 0.335 e. The van der Waals surface area contributed by atoms with Crippen LogP contribution in [-0.4, -0.2) is 32.4 Å². The number of rotatable bonds is 7. The summed E-state index contributed by atoms with van der Waals surface area (Å²) in [5, 5.41) is 26.7. The first-order chi connectivity index (χ1) is 19.1. The zero-order chi connectivity index (χ0) is 28.3. The number of fused-ring (bicyclic) bond motifs is 3. The normalized spacial score (nSPS) is 24.3. The van der Waals surface area contributed by atoms with E-state index in [4.69, 9.17) is 20.9 Å². The molecular formula is C30H30ClFN2O5S. The van der Waals surface area contributed by atoms with Crippen LogP contribution in [0.15, 0.2) is 34.9 Å². The van der Waals surface area contributed by atoms with E-state index < -0.39 is 17.4 Å². The molecule has 7 nitrogen and oxygen atoms in total. The molecule has 210 valence electrons. The lowest BCUT2D eigenvalue weighted by Gasteiger charge is -2.41. The van der Waals surface area contributed by atoms with Crippen LogP contribution in [0.2, 0.25) is 5.02 Å². The van der Waals surface area contributed by atoms with Crippen molar-refractivity contribution in [2.45, 2.75) is 70.7 Å². The number of carboxylic acid groups (broad SMARTS) is 1. The summed E-state index contributed by atoms with van der Waals surface area (Å²) in [6.45, 7) is 6.40. The number of hydrogen-bond donors (Lipinski definition) is 2. The number of nitrogens with zero attached hydrogens (tertiary/aromatic N) is 2. The smallest absolute Gasteiger partial charge is 0.335 e. The average molecular weight is 585 g/mol. The molecule has 2 heterocycles. The second kappa shape index (κ2) is 10.2. The number of ether oxygens (including phenoxy) is 1. The summed E-state index contributed by atoms with van der Waals surface area (Å²) in [7, 11) is 0. The van der Waals surface area contributed by atoms with Crippen molar-refractivity contribution in [1.29, 1.82) is 0 Å². The Hall–Kier alpha value is -2.85. The standard InChI is InChI=1S/C30H30ClFN2O5S/c1-14(2)27-20(25(34-39-27)24-15(3)5-4-6-21(24)31)13-38-19-11-17-7-8-18(12-19)30(17,37)29-33-26-22(32)9-16(28(35)36)10-23(26)40-29/h4-6,9-10,14,17-19,37H,7-8,11-13H2,1-3H3,(H,35,36)/t17-,18+,19-,30+. The highest BCUT2D eigenvalue weighted by Gasteiger charge is 2.56. The van der Waals surface area contributed by atoms with Crippen LogP contribution < -0.4 is 0 Å². The van der Waals surface area contributed by atoms with Gasteiger partial charge in [-0.25, -0.2) is 14.2 Å². The third-order valence-electron chi connectivity index (χ3n) is 8.51. The van der Waals surface area contributed by atoms with Gasteiger partial charge in [0.25, 0.3) is 0 Å². The zero-order valence-electron chi connectivity index (χ0n) is 22.4. The van der Waals surface area contributed by atoms with Crippen LogP contribution in [0, 0.1) is 24.6 Å². The second-order valence-electron chi connectivity index (χ2n) is 11.3. The first kappa shape index (κ1) is 27.3. The molecule has 4 aromatic rings. The Morgan fingerprint density at radius 2 is 2.00 bits per heavy atom. The molecule has 0 saturated heterocycles. The lowest BCUT2D eigenvalue weighted by molar-refractivity contribution is -0.116. The molecule has 0 amide bonds. The quantitative estimate of drug-likeness (QED) is 0.232. The largest absolute Gasteiger partial charge is 0.478 e. The number of aliphatic hydroxyl groups is 1. The first-order valence-electron chi connectivity index (χ1n) is 13.5. The predicted molar refractivity (Wildman–Crippen MR) is 150 cm³/mol. The molecule has 2 bridgehead atoms. The van der Waals surface area contributed by atoms with Gasteiger partial charge in [-0.05, 0) is 68.2 Å². The molecule has 2 aromatic carbocycles. The summed E-state index contributed by atoms with van der Waals surface area (Å²) in [4.78, 5) is 15.9. The van der Waals surface area contributed by atoms with Crippen molar-refractivity contribution >= 4 is 39.1 Å². The highest BCUT2D eigenvalue weighted by atomic mass is 35.5. The van der Waals surface area contributed by atoms with E-state index in [1.807, 2.05) is 25.1 Å². The molecule has 2 saturated carbocycles. The van der Waals surface area contributed by atoms with Gasteiger partial charge >= 0.3 is 5.97 Å². The number of aromatic nitrogens is 2. The van der Waals surface area contributed by atoms with E-state index in [-0.39, 0.29) is 34.9 Å². The molecule has 2 aromatic heterocycles. The van der Waals surface area contributed by atoms with E-state index in [1.54, 1.807) is 0 Å². The van der Waals surface area contributed by atoms with Crippen molar-refractivity contribution in [2.75, 3.05) is 0 Å². The molecule has 40 heavy (non-hydrogen) atoms. The van der Waals surface area contributed by atoms with Gasteiger partial charge in [0.1, 0.15) is 27.6 Å². The van der Waals surface area contributed by atoms with Crippen LogP contribution in [0.4, 0.5) is 4.39 Å². The maximum atomic E-state index is 14.7. The Balaban J connectivity index is 1.25. The lowest BCUT2D eigenvalue weighted by Crippen LogP contribution is -2.44. The molecule has 0 aliphatic heterocycles. The minimum Gasteiger partial charge on any atom is -0.478 e. The number of carboxylic acids is 1. The van der Waals surface area contributed by atoms with E-state index in [1.165, 1.54) is 17.4 Å². The van der Waals surface area contributed by atoms with Gasteiger partial charge in [0.05, 0.1) is 28.0 Å². The Labute approximate surface area is 239 Å². The summed E-state index contributed by atoms with van der Waals surface area (Å²) in [6, 6.07) is 8.14. The van der Waals surface area contributed by atoms with E-state index in [0.717, 1.165) is 41.4 Å². The molecule has 2 aliphatic carbocycles. The van der Waals surface area contributed by atoms with Crippen LogP contribution in [-0.2, 0) is 16.9 Å². The van der Waals surface area contributed by atoms with E-state index in [2.05, 4.69) is 24.0 Å². The third kappa shape index (κ3) is 4.43. The van der Waals surface area contributed by atoms with Gasteiger partial charge in [-0.3, -0.25) is 0 Å². The Morgan fingerprint density at radius 1 is 1.27 bits per heavy atom. The first-order valence-corrected chi connectivity index (χ1v) is 14.7. The average Bonchev–Trinajstić information content (AvgIpc) is 3.55. The fraction of sp³-hybridized carbons (Fsp3) is 0.433. The number of benzene rings is 2. The summed E-state index contributed by atoms with van der Waals surface area (Å²) in [5.41, 5.74) is 2.20. The van der Waals surface area contributed by atoms with Crippen molar-refractivity contribution in [2.24, 2.45) is 11.8 Å². The molecule has 0 unspecified atom stereocenters. The zero-order valence-corrected chi connectivity index (χ0v) is 24.0. The van der Waals surface area contributed by atoms with Gasteiger partial charge in [0.15, 0.2) is 5.82 Å². The summed E-state index contributed by atoms with van der Waals surface area (Å²) < 4.78 is 27.4. The molecule has 2 fully saturated rings. The van der Waals surface area contributed by atoms with Crippen LogP contribution in [0.5, 0.6) is 0 Å². The van der Waals surface area contributed by atoms with Gasteiger partial charge in [-0.15, -0.1) is 11.3 Å². The van der Waals surface area contributed by atoms with Crippen LogP contribution in [0.3, 0.4) is 0 Å². The van der Waals surface area contributed by atoms with E-state index in [0.29, 0.717) is 39.9 Å². The number of aryl methyl sites for hydroxylation is 1. The van der Waals surface area contributed by atoms with Crippen molar-refractivity contribution in [1.82, 2.24) is 10.1 Å². The Bertz CT molecular complexity index is 1580. The third-order valence-corrected chi connectivity index (χ3v) is 9.96. The Kier molecular flexibility index (Phi) is 6.97. The predicted octanol–water partition coefficient (Wildman–Crippen LogP) is 7.47. The number of thiazole rings is 1. The lowest BCUT2D eigenvalue weighted by atomic mass is 9.73. The van der Waals surface area contributed by atoms with Crippen molar-refractivity contribution in [3.63, 3.8) is 0 Å². The number of carbonyl (C=O) groups is 1. The van der Waals surface area contributed by atoms with Crippen LogP contribution in [0.1, 0.15) is 77.7 Å². The minimum absolute atomic E-state index is 0.0855. The molecule has 10 heteroatoms. The molecular weight excluding hydrogens is 555 g/mol. The fourth-order valence-electron chi connectivity index (χ4n) is 6.52. The summed E-state index contributed by atoms with van der Waals surface area (Å²) in [5.74, 6) is -1.22. The summed E-state index contributed by atoms with van der Waals surface area (Å²) in [6.07, 6.45) is 2.81. The van der Waals surface area contributed by atoms with Crippen LogP contribution >= 0.6 is 22.9 Å². The Morgan fingerprint density at radius 3 is 2.65 bits per heavy atom.